The Morgan fingerprint density at radius 1 is 1.43 bits per heavy atom. The molecule has 0 saturated heterocycles. The van der Waals surface area contributed by atoms with Gasteiger partial charge in [-0.15, -0.1) is 0 Å². The Labute approximate surface area is 131 Å². The Hall–Kier alpha value is -2.74. The second-order valence-corrected chi connectivity index (χ2v) is 4.83. The Kier molecular flexibility index (Phi) is 5.07. The van der Waals surface area contributed by atoms with Crippen molar-refractivity contribution in [3.8, 4) is 5.69 Å². The molecule has 0 radical (unpaired) electrons. The van der Waals surface area contributed by atoms with Crippen molar-refractivity contribution >= 4 is 11.9 Å². The van der Waals surface area contributed by atoms with Gasteiger partial charge in [-0.3, -0.25) is 4.79 Å². The van der Waals surface area contributed by atoms with Crippen molar-refractivity contribution in [1.82, 2.24) is 15.1 Å². The Bertz CT molecular complexity index is 729. The van der Waals surface area contributed by atoms with Crippen molar-refractivity contribution < 1.29 is 23.8 Å². The monoisotopic (exact) mass is 321 g/mol. The Morgan fingerprint density at radius 2 is 2.13 bits per heavy atom. The SMILES string of the molecule is COCC(NC(=O)c1cnn(-c2ccccc2F)c1C)C(=O)O. The van der Waals surface area contributed by atoms with Crippen LogP contribution in [-0.4, -0.2) is 46.5 Å². The number of carboxylic acid groups (broad SMARTS) is 1. The molecule has 1 aromatic carbocycles. The number of hydrogen-bond donors (Lipinski definition) is 2. The van der Waals surface area contributed by atoms with E-state index >= 15 is 0 Å². The molecule has 1 unspecified atom stereocenters. The first-order valence-corrected chi connectivity index (χ1v) is 6.77. The number of nitrogens with one attached hydrogen (secondary N) is 1. The number of para-hydroxylation sites is 1. The molecule has 1 aromatic heterocycles. The first-order valence-electron chi connectivity index (χ1n) is 6.77. The van der Waals surface area contributed by atoms with Crippen LogP contribution >= 0.6 is 0 Å². The summed E-state index contributed by atoms with van der Waals surface area (Å²) in [6, 6.07) is 4.84. The van der Waals surface area contributed by atoms with Crippen LogP contribution in [0.3, 0.4) is 0 Å². The summed E-state index contributed by atoms with van der Waals surface area (Å²) in [5.41, 5.74) is 0.764. The molecule has 0 aliphatic rings. The second-order valence-electron chi connectivity index (χ2n) is 4.83. The summed E-state index contributed by atoms with van der Waals surface area (Å²) in [5, 5.41) is 15.4. The fourth-order valence-electron chi connectivity index (χ4n) is 2.08. The number of aromatic nitrogens is 2. The van der Waals surface area contributed by atoms with Crippen LogP contribution in [0.2, 0.25) is 0 Å². The van der Waals surface area contributed by atoms with Gasteiger partial charge in [0, 0.05) is 7.11 Å². The minimum Gasteiger partial charge on any atom is -0.480 e. The lowest BCUT2D eigenvalue weighted by molar-refractivity contribution is -0.140. The van der Waals surface area contributed by atoms with E-state index in [1.54, 1.807) is 19.1 Å². The van der Waals surface area contributed by atoms with E-state index in [0.29, 0.717) is 5.69 Å². The number of aliphatic carboxylic acids is 1. The van der Waals surface area contributed by atoms with E-state index in [1.165, 1.54) is 30.1 Å². The number of halogens is 1. The fraction of sp³-hybridized carbons (Fsp3) is 0.267. The number of hydrogen-bond acceptors (Lipinski definition) is 4. The maximum atomic E-state index is 13.8. The maximum absolute atomic E-state index is 13.8. The van der Waals surface area contributed by atoms with Crippen LogP contribution < -0.4 is 5.32 Å². The number of carbonyl (C=O) groups is 2. The molecule has 8 heteroatoms. The third-order valence-electron chi connectivity index (χ3n) is 3.27. The summed E-state index contributed by atoms with van der Waals surface area (Å²) in [7, 11) is 1.34. The van der Waals surface area contributed by atoms with Gasteiger partial charge in [-0.25, -0.2) is 13.9 Å². The van der Waals surface area contributed by atoms with E-state index < -0.39 is 23.7 Å². The average molecular weight is 321 g/mol. The molecule has 23 heavy (non-hydrogen) atoms. The lowest BCUT2D eigenvalue weighted by atomic mass is 10.2. The largest absolute Gasteiger partial charge is 0.480 e. The first kappa shape index (κ1) is 16.6. The summed E-state index contributed by atoms with van der Waals surface area (Å²) in [4.78, 5) is 23.3. The highest BCUT2D eigenvalue weighted by Crippen LogP contribution is 2.17. The van der Waals surface area contributed by atoms with Crippen molar-refractivity contribution in [2.24, 2.45) is 0 Å². The number of methoxy groups -OCH3 is 1. The Morgan fingerprint density at radius 3 is 2.74 bits per heavy atom. The molecule has 0 aliphatic heterocycles. The van der Waals surface area contributed by atoms with Crippen molar-refractivity contribution in [3.63, 3.8) is 0 Å². The minimum atomic E-state index is -1.21. The summed E-state index contributed by atoms with van der Waals surface area (Å²) in [6.45, 7) is 1.43. The molecule has 0 saturated carbocycles. The molecule has 0 fully saturated rings. The van der Waals surface area contributed by atoms with E-state index in [4.69, 9.17) is 9.84 Å². The summed E-state index contributed by atoms with van der Waals surface area (Å²) in [6.07, 6.45) is 1.27. The Balaban J connectivity index is 2.27. The molecule has 1 atom stereocenters. The van der Waals surface area contributed by atoms with Crippen LogP contribution in [0.4, 0.5) is 4.39 Å². The number of carbonyl (C=O) groups excluding carboxylic acids is 1. The van der Waals surface area contributed by atoms with Crippen LogP contribution in [-0.2, 0) is 9.53 Å². The molecule has 2 aromatic rings. The third kappa shape index (κ3) is 3.54. The molecule has 7 nitrogen and oxygen atoms in total. The molecule has 122 valence electrons. The van der Waals surface area contributed by atoms with E-state index in [9.17, 15) is 14.0 Å². The van der Waals surface area contributed by atoms with E-state index in [-0.39, 0.29) is 17.9 Å². The van der Waals surface area contributed by atoms with Crippen molar-refractivity contribution in [1.29, 1.82) is 0 Å². The number of nitrogens with zero attached hydrogens (tertiary/aromatic N) is 2. The van der Waals surface area contributed by atoms with Crippen LogP contribution in [0.15, 0.2) is 30.5 Å². The van der Waals surface area contributed by atoms with E-state index in [2.05, 4.69) is 10.4 Å². The highest BCUT2D eigenvalue weighted by molar-refractivity contribution is 5.97. The van der Waals surface area contributed by atoms with Gasteiger partial charge in [0.1, 0.15) is 11.5 Å². The minimum absolute atomic E-state index is 0.163. The predicted molar refractivity (Wildman–Crippen MR) is 79.0 cm³/mol. The van der Waals surface area contributed by atoms with Gasteiger partial charge in [-0.1, -0.05) is 12.1 Å². The zero-order valence-electron chi connectivity index (χ0n) is 12.6. The van der Waals surface area contributed by atoms with Gasteiger partial charge in [0.2, 0.25) is 0 Å². The van der Waals surface area contributed by atoms with Crippen LogP contribution in [0.25, 0.3) is 5.69 Å². The van der Waals surface area contributed by atoms with Crippen LogP contribution in [0.5, 0.6) is 0 Å². The van der Waals surface area contributed by atoms with Gasteiger partial charge in [0.25, 0.3) is 5.91 Å². The standard InChI is InChI=1S/C15H16FN3O4/c1-9-10(14(20)18-12(8-23-2)15(21)22)7-17-19(9)13-6-4-3-5-11(13)16/h3-7,12H,8H2,1-2H3,(H,18,20)(H,21,22). The van der Waals surface area contributed by atoms with Crippen molar-refractivity contribution in [2.45, 2.75) is 13.0 Å². The number of ether oxygens (including phenoxy) is 1. The first-order chi connectivity index (χ1) is 11.0. The normalized spacial score (nSPS) is 12.0. The number of carboxylic acids is 1. The molecule has 0 spiro atoms. The highest BCUT2D eigenvalue weighted by Gasteiger charge is 2.23. The summed E-state index contributed by atoms with van der Waals surface area (Å²) < 4.78 is 19.9. The van der Waals surface area contributed by atoms with E-state index in [0.717, 1.165) is 0 Å². The van der Waals surface area contributed by atoms with Crippen molar-refractivity contribution in [2.75, 3.05) is 13.7 Å². The molecular formula is C15H16FN3O4. The highest BCUT2D eigenvalue weighted by atomic mass is 19.1. The summed E-state index contributed by atoms with van der Waals surface area (Å²) >= 11 is 0. The van der Waals surface area contributed by atoms with Gasteiger partial charge < -0.3 is 15.2 Å². The van der Waals surface area contributed by atoms with Gasteiger partial charge in [-0.2, -0.15) is 5.10 Å². The van der Waals surface area contributed by atoms with Crippen LogP contribution in [0.1, 0.15) is 16.1 Å². The number of rotatable bonds is 6. The molecule has 1 amide bonds. The van der Waals surface area contributed by atoms with Gasteiger partial charge in [0.15, 0.2) is 6.04 Å². The predicted octanol–water partition coefficient (Wildman–Crippen LogP) is 1.15. The summed E-state index contributed by atoms with van der Waals surface area (Å²) in [5.74, 6) is -2.30. The molecule has 2 rings (SSSR count). The topological polar surface area (TPSA) is 93.5 Å². The quantitative estimate of drug-likeness (QED) is 0.832. The lowest BCUT2D eigenvalue weighted by Gasteiger charge is -2.13. The second kappa shape index (κ2) is 7.01. The molecule has 0 bridgehead atoms. The van der Waals surface area contributed by atoms with Gasteiger partial charge in [0.05, 0.1) is 24.1 Å². The zero-order valence-corrected chi connectivity index (χ0v) is 12.6. The molecular weight excluding hydrogens is 305 g/mol. The molecule has 1 heterocycles. The van der Waals surface area contributed by atoms with Gasteiger partial charge in [-0.05, 0) is 19.1 Å². The van der Waals surface area contributed by atoms with Crippen LogP contribution in [0, 0.1) is 12.7 Å². The zero-order chi connectivity index (χ0) is 17.0. The number of benzene rings is 1. The molecule has 2 N–H and O–H groups in total. The smallest absolute Gasteiger partial charge is 0.328 e. The molecule has 0 aliphatic carbocycles. The maximum Gasteiger partial charge on any atom is 0.328 e. The van der Waals surface area contributed by atoms with E-state index in [1.807, 2.05) is 0 Å². The third-order valence-corrected chi connectivity index (χ3v) is 3.27. The average Bonchev–Trinajstić information content (AvgIpc) is 2.89. The van der Waals surface area contributed by atoms with Crippen molar-refractivity contribution in [3.05, 3.63) is 47.5 Å². The lowest BCUT2D eigenvalue weighted by Crippen LogP contribution is -2.43. The fourth-order valence-corrected chi connectivity index (χ4v) is 2.08. The number of amides is 1. The van der Waals surface area contributed by atoms with Gasteiger partial charge >= 0.3 is 5.97 Å².